The van der Waals surface area contributed by atoms with Gasteiger partial charge >= 0.3 is 0 Å². The topological polar surface area (TPSA) is 20.2 Å². The smallest absolute Gasteiger partial charge is 0.0721 e. The zero-order valence-electron chi connectivity index (χ0n) is 14.5. The molecule has 21 heavy (non-hydrogen) atoms. The summed E-state index contributed by atoms with van der Waals surface area (Å²) in [6.45, 7) is 4.50. The largest absolute Gasteiger partial charge is 0.389 e. The second-order valence-electron chi connectivity index (χ2n) is 7.01. The summed E-state index contributed by atoms with van der Waals surface area (Å²) in [6.07, 6.45) is 21.4. The number of unbranched alkanes of at least 4 members (excludes halogenated alkanes) is 6. The van der Waals surface area contributed by atoms with Crippen molar-refractivity contribution in [1.82, 2.24) is 0 Å². The van der Waals surface area contributed by atoms with Crippen molar-refractivity contribution in [2.24, 2.45) is 11.8 Å². The number of rotatable bonds is 12. The fraction of sp³-hybridized carbons (Fsp3) is 0.900. The lowest BCUT2D eigenvalue weighted by Crippen LogP contribution is -2.08. The van der Waals surface area contributed by atoms with Crippen molar-refractivity contribution in [3.8, 4) is 0 Å². The van der Waals surface area contributed by atoms with Crippen molar-refractivity contribution in [1.29, 1.82) is 0 Å². The molecule has 1 rings (SSSR count). The molecule has 0 aromatic carbocycles. The molecule has 0 spiro atoms. The molecular formula is C20H38O. The van der Waals surface area contributed by atoms with Crippen LogP contribution in [-0.4, -0.2) is 11.2 Å². The van der Waals surface area contributed by atoms with Crippen LogP contribution < -0.4 is 0 Å². The summed E-state index contributed by atoms with van der Waals surface area (Å²) in [6, 6.07) is 0. The first kappa shape index (κ1) is 18.7. The lowest BCUT2D eigenvalue weighted by atomic mass is 9.90. The van der Waals surface area contributed by atoms with Gasteiger partial charge in [0.05, 0.1) is 6.10 Å². The molecule has 0 aromatic heterocycles. The van der Waals surface area contributed by atoms with E-state index >= 15 is 0 Å². The molecule has 0 radical (unpaired) electrons. The first-order chi connectivity index (χ1) is 10.3. The zero-order valence-corrected chi connectivity index (χ0v) is 14.5. The first-order valence-electron chi connectivity index (χ1n) is 9.64. The minimum absolute atomic E-state index is 0.206. The van der Waals surface area contributed by atoms with Gasteiger partial charge in [0.1, 0.15) is 0 Å². The van der Waals surface area contributed by atoms with E-state index in [9.17, 15) is 5.11 Å². The van der Waals surface area contributed by atoms with Crippen LogP contribution in [0, 0.1) is 11.8 Å². The van der Waals surface area contributed by atoms with Crippen molar-refractivity contribution in [3.05, 3.63) is 12.2 Å². The molecular weight excluding hydrogens is 256 g/mol. The van der Waals surface area contributed by atoms with Gasteiger partial charge in [-0.15, -0.1) is 0 Å². The maximum absolute atomic E-state index is 10.0. The summed E-state index contributed by atoms with van der Waals surface area (Å²) in [5.74, 6) is 1.64. The number of aliphatic hydroxyl groups is 1. The Labute approximate surface area is 133 Å². The Kier molecular flexibility index (Phi) is 10.9. The number of allylic oxidation sites excluding steroid dienone is 1. The molecule has 1 nitrogen and oxygen atoms in total. The van der Waals surface area contributed by atoms with E-state index in [0.717, 1.165) is 24.7 Å². The van der Waals surface area contributed by atoms with Crippen molar-refractivity contribution < 1.29 is 5.11 Å². The van der Waals surface area contributed by atoms with Crippen molar-refractivity contribution in [2.75, 3.05) is 0 Å². The average Bonchev–Trinajstić information content (AvgIpc) is 2.93. The highest BCUT2D eigenvalue weighted by molar-refractivity contribution is 4.97. The van der Waals surface area contributed by atoms with Gasteiger partial charge in [-0.25, -0.2) is 0 Å². The predicted octanol–water partition coefficient (Wildman–Crippen LogP) is 6.26. The number of hydrogen-bond donors (Lipinski definition) is 1. The minimum Gasteiger partial charge on any atom is -0.389 e. The standard InChI is InChI=1S/C20H38O/c1-3-5-7-8-10-12-18-13-11-14-19(18)16-17-20(21)15-9-6-4-2/h16-21H,3-15H2,1-2H3/b17-16+. The Morgan fingerprint density at radius 1 is 0.952 bits per heavy atom. The molecule has 1 fully saturated rings. The molecule has 1 aliphatic carbocycles. The van der Waals surface area contributed by atoms with Crippen molar-refractivity contribution in [2.45, 2.75) is 103 Å². The Morgan fingerprint density at radius 2 is 1.67 bits per heavy atom. The molecule has 124 valence electrons. The van der Waals surface area contributed by atoms with E-state index < -0.39 is 0 Å². The van der Waals surface area contributed by atoms with Crippen LogP contribution in [0.4, 0.5) is 0 Å². The van der Waals surface area contributed by atoms with E-state index in [0.29, 0.717) is 0 Å². The van der Waals surface area contributed by atoms with Gasteiger partial charge in [-0.3, -0.25) is 0 Å². The molecule has 0 amide bonds. The summed E-state index contributed by atoms with van der Waals surface area (Å²) in [5.41, 5.74) is 0. The van der Waals surface area contributed by atoms with E-state index in [4.69, 9.17) is 0 Å². The van der Waals surface area contributed by atoms with Crippen LogP contribution in [0.1, 0.15) is 97.3 Å². The first-order valence-corrected chi connectivity index (χ1v) is 9.64. The molecule has 1 saturated carbocycles. The maximum atomic E-state index is 10.0. The van der Waals surface area contributed by atoms with Gasteiger partial charge in [-0.05, 0) is 37.5 Å². The monoisotopic (exact) mass is 294 g/mol. The van der Waals surface area contributed by atoms with E-state index in [1.807, 2.05) is 0 Å². The van der Waals surface area contributed by atoms with Gasteiger partial charge in [0.25, 0.3) is 0 Å². The summed E-state index contributed by atoms with van der Waals surface area (Å²) in [4.78, 5) is 0. The van der Waals surface area contributed by atoms with E-state index in [1.165, 1.54) is 70.6 Å². The Morgan fingerprint density at radius 3 is 2.43 bits per heavy atom. The fourth-order valence-electron chi connectivity index (χ4n) is 3.66. The van der Waals surface area contributed by atoms with Crippen LogP contribution >= 0.6 is 0 Å². The summed E-state index contributed by atoms with van der Waals surface area (Å²) in [7, 11) is 0. The van der Waals surface area contributed by atoms with Crippen LogP contribution in [-0.2, 0) is 0 Å². The predicted molar refractivity (Wildman–Crippen MR) is 93.5 cm³/mol. The van der Waals surface area contributed by atoms with Gasteiger partial charge in [0.15, 0.2) is 0 Å². The van der Waals surface area contributed by atoms with Gasteiger partial charge in [0.2, 0.25) is 0 Å². The Hall–Kier alpha value is -0.300. The number of aliphatic hydroxyl groups excluding tert-OH is 1. The molecule has 1 aliphatic rings. The van der Waals surface area contributed by atoms with Crippen LogP contribution in [0.2, 0.25) is 0 Å². The lowest BCUT2D eigenvalue weighted by Gasteiger charge is -2.16. The second kappa shape index (κ2) is 12.3. The summed E-state index contributed by atoms with van der Waals surface area (Å²) >= 11 is 0. The molecule has 1 N–H and O–H groups in total. The highest BCUT2D eigenvalue weighted by Crippen LogP contribution is 2.36. The van der Waals surface area contributed by atoms with Gasteiger partial charge in [-0.1, -0.05) is 83.8 Å². The second-order valence-corrected chi connectivity index (χ2v) is 7.01. The lowest BCUT2D eigenvalue weighted by molar-refractivity contribution is 0.207. The van der Waals surface area contributed by atoms with Crippen LogP contribution in [0.15, 0.2) is 12.2 Å². The maximum Gasteiger partial charge on any atom is 0.0721 e. The van der Waals surface area contributed by atoms with Gasteiger partial charge in [-0.2, -0.15) is 0 Å². The normalized spacial score (nSPS) is 24.0. The molecule has 0 aromatic rings. The Bertz CT molecular complexity index is 259. The van der Waals surface area contributed by atoms with E-state index in [2.05, 4.69) is 26.0 Å². The third-order valence-corrected chi connectivity index (χ3v) is 5.08. The Balaban J connectivity index is 2.19. The van der Waals surface area contributed by atoms with Gasteiger partial charge in [0, 0.05) is 0 Å². The molecule has 3 unspecified atom stereocenters. The van der Waals surface area contributed by atoms with Crippen LogP contribution in [0.5, 0.6) is 0 Å². The van der Waals surface area contributed by atoms with E-state index in [1.54, 1.807) is 0 Å². The van der Waals surface area contributed by atoms with Gasteiger partial charge < -0.3 is 5.11 Å². The van der Waals surface area contributed by atoms with E-state index in [-0.39, 0.29) is 6.10 Å². The van der Waals surface area contributed by atoms with Crippen LogP contribution in [0.3, 0.4) is 0 Å². The quantitative estimate of drug-likeness (QED) is 0.332. The summed E-state index contributed by atoms with van der Waals surface area (Å²) < 4.78 is 0. The average molecular weight is 295 g/mol. The minimum atomic E-state index is -0.206. The third-order valence-electron chi connectivity index (χ3n) is 5.08. The number of hydrogen-bond acceptors (Lipinski definition) is 1. The molecule has 0 heterocycles. The SMILES string of the molecule is CCCCCCCC1CCCC1/C=C/C(O)CCCCC. The fourth-order valence-corrected chi connectivity index (χ4v) is 3.66. The molecule has 1 heteroatoms. The zero-order chi connectivity index (χ0) is 15.3. The van der Waals surface area contributed by atoms with Crippen LogP contribution in [0.25, 0.3) is 0 Å². The van der Waals surface area contributed by atoms with Crippen molar-refractivity contribution in [3.63, 3.8) is 0 Å². The molecule has 0 saturated heterocycles. The summed E-state index contributed by atoms with van der Waals surface area (Å²) in [5, 5.41) is 10.0. The molecule has 0 aliphatic heterocycles. The molecule has 3 atom stereocenters. The molecule has 0 bridgehead atoms. The van der Waals surface area contributed by atoms with Crippen molar-refractivity contribution >= 4 is 0 Å². The highest BCUT2D eigenvalue weighted by Gasteiger charge is 2.24. The third kappa shape index (κ3) is 8.66. The highest BCUT2D eigenvalue weighted by atomic mass is 16.3.